The monoisotopic (exact) mass is 232 g/mol. The zero-order valence-corrected chi connectivity index (χ0v) is 9.60. The lowest BCUT2D eigenvalue weighted by Gasteiger charge is -2.16. The van der Waals surface area contributed by atoms with Crippen LogP contribution in [0.15, 0.2) is 24.3 Å². The Morgan fingerprint density at radius 2 is 2.18 bits per heavy atom. The molecule has 17 heavy (non-hydrogen) atoms. The topological polar surface area (TPSA) is 52.6 Å². The summed E-state index contributed by atoms with van der Waals surface area (Å²) in [6, 6.07) is 8.26. The highest BCUT2D eigenvalue weighted by Gasteiger charge is 2.37. The molecule has 2 atom stereocenters. The third-order valence-corrected chi connectivity index (χ3v) is 3.90. The minimum atomic E-state index is -0.788. The van der Waals surface area contributed by atoms with Crippen LogP contribution in [-0.4, -0.2) is 35.7 Å². The van der Waals surface area contributed by atoms with Crippen LogP contribution in [0.25, 0.3) is 0 Å². The highest BCUT2D eigenvalue weighted by atomic mass is 16.4. The molecule has 0 aromatic heterocycles. The van der Waals surface area contributed by atoms with Crippen molar-refractivity contribution in [3.05, 3.63) is 29.8 Å². The molecule has 0 radical (unpaired) electrons. The highest BCUT2D eigenvalue weighted by molar-refractivity contribution is 5.66. The van der Waals surface area contributed by atoms with Gasteiger partial charge in [-0.3, -0.25) is 0 Å². The molecule has 2 aliphatic rings. The van der Waals surface area contributed by atoms with Gasteiger partial charge in [-0.15, -0.1) is 0 Å². The predicted octanol–water partition coefficient (Wildman–Crippen LogP) is 2.20. The highest BCUT2D eigenvalue weighted by Crippen LogP contribution is 2.40. The van der Waals surface area contributed by atoms with Gasteiger partial charge in [-0.05, 0) is 24.0 Å². The van der Waals surface area contributed by atoms with Crippen LogP contribution in [-0.2, 0) is 0 Å². The number of nitrogens with zero attached hydrogens (tertiary/aromatic N) is 1. The second-order valence-electron chi connectivity index (χ2n) is 4.86. The number of nitrogens with one attached hydrogen (secondary N) is 1. The van der Waals surface area contributed by atoms with Crippen LogP contribution in [0, 0.1) is 5.92 Å². The summed E-state index contributed by atoms with van der Waals surface area (Å²) in [6.07, 6.45) is 0.256. The molecule has 0 aliphatic carbocycles. The van der Waals surface area contributed by atoms with Crippen LogP contribution in [0.2, 0.25) is 0 Å². The maximum Gasteiger partial charge on any atom is 0.407 e. The number of benzene rings is 1. The molecule has 0 saturated carbocycles. The summed E-state index contributed by atoms with van der Waals surface area (Å²) in [5.74, 6) is 0.819. The van der Waals surface area contributed by atoms with Crippen LogP contribution in [0.3, 0.4) is 0 Å². The maximum atomic E-state index is 11.1. The van der Waals surface area contributed by atoms with E-state index in [1.807, 2.05) is 12.1 Å². The van der Waals surface area contributed by atoms with Crippen molar-refractivity contribution in [1.29, 1.82) is 0 Å². The van der Waals surface area contributed by atoms with Crippen molar-refractivity contribution in [1.82, 2.24) is 4.90 Å². The van der Waals surface area contributed by atoms with Crippen molar-refractivity contribution in [2.75, 3.05) is 25.0 Å². The predicted molar refractivity (Wildman–Crippen MR) is 65.4 cm³/mol. The Balaban J connectivity index is 1.95. The van der Waals surface area contributed by atoms with Crippen LogP contribution in [0.4, 0.5) is 10.5 Å². The molecule has 1 amide bonds. The van der Waals surface area contributed by atoms with Gasteiger partial charge in [0.05, 0.1) is 0 Å². The Bertz CT molecular complexity index is 447. The second-order valence-corrected chi connectivity index (χ2v) is 4.86. The molecule has 1 aromatic carbocycles. The molecule has 0 spiro atoms. The van der Waals surface area contributed by atoms with Gasteiger partial charge in [0.2, 0.25) is 0 Å². The molecule has 2 aliphatic heterocycles. The first-order valence-electron chi connectivity index (χ1n) is 6.06. The molecule has 1 saturated heterocycles. The maximum absolute atomic E-state index is 11.1. The van der Waals surface area contributed by atoms with Crippen LogP contribution in [0.1, 0.15) is 17.9 Å². The fourth-order valence-corrected chi connectivity index (χ4v) is 3.05. The SMILES string of the molecule is O=C(O)N1C[C@@H]2CCNc3ccccc3[C@H]2C1. The second kappa shape index (κ2) is 3.95. The minimum Gasteiger partial charge on any atom is -0.465 e. The van der Waals surface area contributed by atoms with E-state index in [0.29, 0.717) is 24.9 Å². The standard InChI is InChI=1S/C13H16N2O2/c16-13(17)15-7-9-5-6-14-12-4-2-1-3-10(12)11(9)8-15/h1-4,9,11,14H,5-8H2,(H,16,17)/t9-,11-/m0/s1. The van der Waals surface area contributed by atoms with Gasteiger partial charge >= 0.3 is 6.09 Å². The Hall–Kier alpha value is -1.71. The Labute approximate surface area is 100 Å². The third-order valence-electron chi connectivity index (χ3n) is 3.90. The largest absolute Gasteiger partial charge is 0.465 e. The number of likely N-dealkylation sites (tertiary alicyclic amines) is 1. The summed E-state index contributed by atoms with van der Waals surface area (Å²) in [5.41, 5.74) is 2.45. The minimum absolute atomic E-state index is 0.359. The Morgan fingerprint density at radius 3 is 3.00 bits per heavy atom. The van der Waals surface area contributed by atoms with Crippen LogP contribution < -0.4 is 5.32 Å². The van der Waals surface area contributed by atoms with Gasteiger partial charge in [0, 0.05) is 31.2 Å². The summed E-state index contributed by atoms with van der Waals surface area (Å²) in [4.78, 5) is 12.6. The number of hydrogen-bond acceptors (Lipinski definition) is 2. The molecule has 4 heteroatoms. The number of amides is 1. The van der Waals surface area contributed by atoms with E-state index in [9.17, 15) is 4.79 Å². The number of anilines is 1. The first-order chi connectivity index (χ1) is 8.25. The normalized spacial score (nSPS) is 26.7. The van der Waals surface area contributed by atoms with Crippen molar-refractivity contribution < 1.29 is 9.90 Å². The summed E-state index contributed by atoms with van der Waals surface area (Å²) < 4.78 is 0. The number of para-hydroxylation sites is 1. The quantitative estimate of drug-likeness (QED) is 0.721. The summed E-state index contributed by atoms with van der Waals surface area (Å²) in [7, 11) is 0. The van der Waals surface area contributed by atoms with Gasteiger partial charge < -0.3 is 15.3 Å². The molecule has 1 fully saturated rings. The molecular formula is C13H16N2O2. The molecule has 2 heterocycles. The van der Waals surface area contributed by atoms with E-state index in [1.54, 1.807) is 4.90 Å². The van der Waals surface area contributed by atoms with Gasteiger partial charge in [-0.25, -0.2) is 4.79 Å². The molecule has 0 bridgehead atoms. The van der Waals surface area contributed by atoms with Gasteiger partial charge in [0.25, 0.3) is 0 Å². The van der Waals surface area contributed by atoms with Crippen molar-refractivity contribution in [2.45, 2.75) is 12.3 Å². The number of fused-ring (bicyclic) bond motifs is 3. The van der Waals surface area contributed by atoms with Gasteiger partial charge in [-0.1, -0.05) is 18.2 Å². The molecule has 3 rings (SSSR count). The summed E-state index contributed by atoms with van der Waals surface area (Å²) in [5, 5.41) is 12.5. The molecule has 1 aromatic rings. The lowest BCUT2D eigenvalue weighted by molar-refractivity contribution is 0.153. The van der Waals surface area contributed by atoms with Crippen molar-refractivity contribution >= 4 is 11.8 Å². The van der Waals surface area contributed by atoms with Crippen molar-refractivity contribution in [3.8, 4) is 0 Å². The fraction of sp³-hybridized carbons (Fsp3) is 0.462. The number of rotatable bonds is 0. The zero-order valence-electron chi connectivity index (χ0n) is 9.60. The van der Waals surface area contributed by atoms with Gasteiger partial charge in [0.15, 0.2) is 0 Å². The van der Waals surface area contributed by atoms with E-state index >= 15 is 0 Å². The first kappa shape index (κ1) is 10.4. The van der Waals surface area contributed by atoms with E-state index in [-0.39, 0.29) is 0 Å². The average molecular weight is 232 g/mol. The van der Waals surface area contributed by atoms with E-state index < -0.39 is 6.09 Å². The van der Waals surface area contributed by atoms with Crippen LogP contribution in [0.5, 0.6) is 0 Å². The average Bonchev–Trinajstić information content (AvgIpc) is 2.67. The molecule has 4 nitrogen and oxygen atoms in total. The smallest absolute Gasteiger partial charge is 0.407 e. The zero-order chi connectivity index (χ0) is 11.8. The lowest BCUT2D eigenvalue weighted by atomic mass is 9.87. The molecule has 2 N–H and O–H groups in total. The lowest BCUT2D eigenvalue weighted by Crippen LogP contribution is -2.27. The number of carboxylic acid groups (broad SMARTS) is 1. The van der Waals surface area contributed by atoms with Gasteiger partial charge in [0.1, 0.15) is 0 Å². The first-order valence-corrected chi connectivity index (χ1v) is 6.06. The van der Waals surface area contributed by atoms with E-state index in [4.69, 9.17) is 5.11 Å². The van der Waals surface area contributed by atoms with Crippen molar-refractivity contribution in [2.24, 2.45) is 5.92 Å². The number of carbonyl (C=O) groups is 1. The third kappa shape index (κ3) is 1.73. The summed E-state index contributed by atoms with van der Waals surface area (Å²) in [6.45, 7) is 2.25. The van der Waals surface area contributed by atoms with Crippen molar-refractivity contribution in [3.63, 3.8) is 0 Å². The molecule has 90 valence electrons. The number of hydrogen-bond donors (Lipinski definition) is 2. The van der Waals surface area contributed by atoms with E-state index in [2.05, 4.69) is 17.4 Å². The Morgan fingerprint density at radius 1 is 1.35 bits per heavy atom. The van der Waals surface area contributed by atoms with E-state index in [1.165, 1.54) is 11.3 Å². The van der Waals surface area contributed by atoms with E-state index in [0.717, 1.165) is 13.0 Å². The Kier molecular flexibility index (Phi) is 2.42. The molecular weight excluding hydrogens is 216 g/mol. The molecule has 0 unspecified atom stereocenters. The van der Waals surface area contributed by atoms with Crippen LogP contribution >= 0.6 is 0 Å². The van der Waals surface area contributed by atoms with Gasteiger partial charge in [-0.2, -0.15) is 0 Å². The fourth-order valence-electron chi connectivity index (χ4n) is 3.05. The summed E-state index contributed by atoms with van der Waals surface area (Å²) >= 11 is 0.